The van der Waals surface area contributed by atoms with Crippen LogP contribution in [0.4, 0.5) is 11.4 Å². The molecule has 1 saturated carbocycles. The van der Waals surface area contributed by atoms with Crippen LogP contribution in [-0.2, 0) is 19.1 Å². The highest BCUT2D eigenvalue weighted by molar-refractivity contribution is 9.10. The SMILES string of the molecule is Cc1cc(NC(=O)COC(=O)c2cccc(N3C(=O)[C@@H]4CC[C@@H](c5ccccc5)C[C@H]4C3=O)c2)ccc1Br. The average Bonchev–Trinajstić information content (AvgIpc) is 3.19. The lowest BCUT2D eigenvalue weighted by atomic mass is 9.73. The van der Waals surface area contributed by atoms with Gasteiger partial charge in [-0.2, -0.15) is 0 Å². The zero-order chi connectivity index (χ0) is 26.8. The Kier molecular flexibility index (Phi) is 7.42. The summed E-state index contributed by atoms with van der Waals surface area (Å²) in [5.41, 5.74) is 3.24. The number of imide groups is 1. The molecule has 1 aliphatic carbocycles. The van der Waals surface area contributed by atoms with Gasteiger partial charge in [-0.1, -0.05) is 52.3 Å². The second-order valence-electron chi connectivity index (χ2n) is 9.78. The van der Waals surface area contributed by atoms with Gasteiger partial charge in [0.25, 0.3) is 5.91 Å². The van der Waals surface area contributed by atoms with E-state index in [1.807, 2.05) is 31.2 Å². The Labute approximate surface area is 229 Å². The summed E-state index contributed by atoms with van der Waals surface area (Å²) in [7, 11) is 0. The van der Waals surface area contributed by atoms with Crippen LogP contribution in [0.5, 0.6) is 0 Å². The molecule has 3 amide bonds. The highest BCUT2D eigenvalue weighted by Crippen LogP contribution is 2.45. The lowest BCUT2D eigenvalue weighted by Gasteiger charge is -2.28. The number of carbonyl (C=O) groups is 4. The van der Waals surface area contributed by atoms with Gasteiger partial charge in [0.15, 0.2) is 6.61 Å². The monoisotopic (exact) mass is 574 g/mol. The fourth-order valence-corrected chi connectivity index (χ4v) is 5.61. The van der Waals surface area contributed by atoms with Crippen molar-refractivity contribution in [3.8, 4) is 0 Å². The maximum atomic E-state index is 13.4. The highest BCUT2D eigenvalue weighted by Gasteiger charge is 2.50. The van der Waals surface area contributed by atoms with E-state index in [1.165, 1.54) is 22.6 Å². The molecule has 7 nitrogen and oxygen atoms in total. The fourth-order valence-electron chi connectivity index (χ4n) is 5.37. The first-order chi connectivity index (χ1) is 18.3. The maximum absolute atomic E-state index is 13.4. The Bertz CT molecular complexity index is 1410. The lowest BCUT2D eigenvalue weighted by Crippen LogP contribution is -2.31. The number of hydrogen-bond donors (Lipinski definition) is 1. The Hall–Kier alpha value is -3.78. The van der Waals surface area contributed by atoms with Gasteiger partial charge in [-0.3, -0.25) is 19.3 Å². The third-order valence-electron chi connectivity index (χ3n) is 7.31. The zero-order valence-electron chi connectivity index (χ0n) is 20.9. The molecular weight excluding hydrogens is 548 g/mol. The molecule has 38 heavy (non-hydrogen) atoms. The van der Waals surface area contributed by atoms with Crippen molar-refractivity contribution in [3.63, 3.8) is 0 Å². The van der Waals surface area contributed by atoms with Crippen molar-refractivity contribution in [1.29, 1.82) is 0 Å². The molecule has 2 fully saturated rings. The summed E-state index contributed by atoms with van der Waals surface area (Å²) < 4.78 is 6.12. The smallest absolute Gasteiger partial charge is 0.338 e. The van der Waals surface area contributed by atoms with Crippen molar-refractivity contribution in [1.82, 2.24) is 0 Å². The lowest BCUT2D eigenvalue weighted by molar-refractivity contribution is -0.122. The van der Waals surface area contributed by atoms with Crippen LogP contribution >= 0.6 is 15.9 Å². The van der Waals surface area contributed by atoms with Gasteiger partial charge in [0.2, 0.25) is 11.8 Å². The minimum Gasteiger partial charge on any atom is -0.452 e. The van der Waals surface area contributed by atoms with Crippen LogP contribution in [-0.4, -0.2) is 30.3 Å². The zero-order valence-corrected chi connectivity index (χ0v) is 22.4. The maximum Gasteiger partial charge on any atom is 0.338 e. The molecule has 0 bridgehead atoms. The van der Waals surface area contributed by atoms with Crippen LogP contribution in [0, 0.1) is 18.8 Å². The van der Waals surface area contributed by atoms with E-state index in [9.17, 15) is 19.2 Å². The number of aryl methyl sites for hydroxylation is 1. The molecule has 1 N–H and O–H groups in total. The molecule has 1 aliphatic heterocycles. The van der Waals surface area contributed by atoms with Gasteiger partial charge in [0.1, 0.15) is 0 Å². The molecular formula is C30H27BrN2O5. The van der Waals surface area contributed by atoms with E-state index >= 15 is 0 Å². The second kappa shape index (κ2) is 10.9. The van der Waals surface area contributed by atoms with Gasteiger partial charge in [0.05, 0.1) is 23.1 Å². The second-order valence-corrected chi connectivity index (χ2v) is 10.6. The minimum atomic E-state index is -0.713. The van der Waals surface area contributed by atoms with Crippen molar-refractivity contribution in [2.75, 3.05) is 16.8 Å². The number of fused-ring (bicyclic) bond motifs is 1. The Morgan fingerprint density at radius 1 is 0.947 bits per heavy atom. The minimum absolute atomic E-state index is 0.160. The van der Waals surface area contributed by atoms with Crippen LogP contribution in [0.25, 0.3) is 0 Å². The first-order valence-corrected chi connectivity index (χ1v) is 13.4. The van der Waals surface area contributed by atoms with E-state index in [-0.39, 0.29) is 35.1 Å². The van der Waals surface area contributed by atoms with Crippen molar-refractivity contribution < 1.29 is 23.9 Å². The Morgan fingerprint density at radius 3 is 2.47 bits per heavy atom. The van der Waals surface area contributed by atoms with E-state index in [2.05, 4.69) is 33.4 Å². The number of nitrogens with one attached hydrogen (secondary N) is 1. The number of halogens is 1. The quantitative estimate of drug-likeness (QED) is 0.304. The summed E-state index contributed by atoms with van der Waals surface area (Å²) in [6.07, 6.45) is 2.14. The number of amides is 3. The number of hydrogen-bond acceptors (Lipinski definition) is 5. The molecule has 3 aromatic carbocycles. The van der Waals surface area contributed by atoms with E-state index in [1.54, 1.807) is 24.3 Å². The fraction of sp³-hybridized carbons (Fsp3) is 0.267. The number of anilines is 2. The largest absolute Gasteiger partial charge is 0.452 e. The summed E-state index contributed by atoms with van der Waals surface area (Å²) in [6, 6.07) is 21.7. The molecule has 8 heteroatoms. The third kappa shape index (κ3) is 5.27. The van der Waals surface area contributed by atoms with Gasteiger partial charge in [-0.15, -0.1) is 0 Å². The molecule has 2 aliphatic rings. The average molecular weight is 575 g/mol. The van der Waals surface area contributed by atoms with E-state index in [0.717, 1.165) is 16.5 Å². The predicted molar refractivity (Wildman–Crippen MR) is 147 cm³/mol. The summed E-state index contributed by atoms with van der Waals surface area (Å²) in [6.45, 7) is 1.43. The van der Waals surface area contributed by atoms with Crippen LogP contribution in [0.2, 0.25) is 0 Å². The molecule has 0 radical (unpaired) electrons. The van der Waals surface area contributed by atoms with E-state index in [4.69, 9.17) is 4.74 Å². The number of carbonyl (C=O) groups excluding carboxylic acids is 4. The Balaban J connectivity index is 1.24. The topological polar surface area (TPSA) is 92.8 Å². The first-order valence-electron chi connectivity index (χ1n) is 12.6. The molecule has 1 saturated heterocycles. The van der Waals surface area contributed by atoms with Gasteiger partial charge < -0.3 is 10.1 Å². The third-order valence-corrected chi connectivity index (χ3v) is 8.20. The molecule has 0 spiro atoms. The van der Waals surface area contributed by atoms with E-state index < -0.39 is 18.5 Å². The van der Waals surface area contributed by atoms with Crippen molar-refractivity contribution in [3.05, 3.63) is 94.0 Å². The molecule has 0 aromatic heterocycles. The Morgan fingerprint density at radius 2 is 1.71 bits per heavy atom. The number of benzene rings is 3. The van der Waals surface area contributed by atoms with Crippen molar-refractivity contribution >= 4 is 51.0 Å². The van der Waals surface area contributed by atoms with Crippen molar-refractivity contribution in [2.45, 2.75) is 32.1 Å². The molecule has 5 rings (SSSR count). The van der Waals surface area contributed by atoms with Crippen LogP contribution in [0.15, 0.2) is 77.3 Å². The molecule has 194 valence electrons. The first kappa shape index (κ1) is 25.9. The summed E-state index contributed by atoms with van der Waals surface area (Å²) >= 11 is 3.41. The van der Waals surface area contributed by atoms with Gasteiger partial charge in [-0.25, -0.2) is 4.79 Å². The normalized spacial score (nSPS) is 20.7. The molecule has 0 unspecified atom stereocenters. The standard InChI is InChI=1S/C30H27BrN2O5/c1-18-14-22(11-13-26(18)31)32-27(34)17-38-30(37)21-8-5-9-23(15-21)33-28(35)24-12-10-20(16-25(24)29(33)36)19-6-3-2-4-7-19/h2-9,11,13-15,20,24-25H,10,12,16-17H2,1H3,(H,32,34)/t20-,24-,25-/m1/s1. The summed E-state index contributed by atoms with van der Waals surface area (Å²) in [5, 5.41) is 2.69. The number of ether oxygens (including phenoxy) is 1. The van der Waals surface area contributed by atoms with Crippen molar-refractivity contribution in [2.24, 2.45) is 11.8 Å². The summed E-state index contributed by atoms with van der Waals surface area (Å²) in [4.78, 5) is 52.8. The number of esters is 1. The van der Waals surface area contributed by atoms with Gasteiger partial charge in [-0.05, 0) is 79.6 Å². The van der Waals surface area contributed by atoms with E-state index in [0.29, 0.717) is 24.2 Å². The highest BCUT2D eigenvalue weighted by atomic mass is 79.9. The number of rotatable bonds is 6. The van der Waals surface area contributed by atoms with Gasteiger partial charge >= 0.3 is 5.97 Å². The number of nitrogens with zero attached hydrogens (tertiary/aromatic N) is 1. The summed E-state index contributed by atoms with van der Waals surface area (Å²) in [5.74, 6) is -2.11. The van der Waals surface area contributed by atoms with Crippen LogP contribution in [0.3, 0.4) is 0 Å². The predicted octanol–water partition coefficient (Wildman–Crippen LogP) is 5.63. The molecule has 1 heterocycles. The molecule has 3 aromatic rings. The van der Waals surface area contributed by atoms with Gasteiger partial charge in [0, 0.05) is 10.2 Å². The van der Waals surface area contributed by atoms with Crippen LogP contribution in [0.1, 0.15) is 46.7 Å². The molecule has 3 atom stereocenters. The van der Waals surface area contributed by atoms with Crippen LogP contribution < -0.4 is 10.2 Å².